The lowest BCUT2D eigenvalue weighted by molar-refractivity contribution is -0.136. The van der Waals surface area contributed by atoms with Gasteiger partial charge in [0, 0.05) is 5.69 Å². The van der Waals surface area contributed by atoms with E-state index < -0.39 is 11.8 Å². The Morgan fingerprint density at radius 1 is 0.962 bits per heavy atom. The van der Waals surface area contributed by atoms with Crippen molar-refractivity contribution < 1.29 is 14.3 Å². The summed E-state index contributed by atoms with van der Waals surface area (Å²) in [6, 6.07) is 16.3. The van der Waals surface area contributed by atoms with Crippen molar-refractivity contribution in [2.24, 2.45) is 0 Å². The Hall–Kier alpha value is -2.82. The van der Waals surface area contributed by atoms with Gasteiger partial charge in [-0.3, -0.25) is 9.59 Å². The van der Waals surface area contributed by atoms with Crippen LogP contribution in [0, 0.1) is 0 Å². The van der Waals surface area contributed by atoms with Gasteiger partial charge in [0.05, 0.1) is 12.6 Å². The van der Waals surface area contributed by atoms with E-state index in [4.69, 9.17) is 4.74 Å². The normalized spacial score (nSPS) is 11.5. The fraction of sp³-hybridized carbons (Fsp3) is 0.333. The maximum Gasteiger partial charge on any atom is 0.313 e. The largest absolute Gasteiger partial charge is 0.494 e. The van der Waals surface area contributed by atoms with Gasteiger partial charge in [-0.1, -0.05) is 50.1 Å². The average molecular weight is 354 g/mol. The molecule has 0 spiro atoms. The monoisotopic (exact) mass is 354 g/mol. The van der Waals surface area contributed by atoms with E-state index in [1.807, 2.05) is 37.3 Å². The van der Waals surface area contributed by atoms with Gasteiger partial charge in [0.25, 0.3) is 0 Å². The topological polar surface area (TPSA) is 67.4 Å². The van der Waals surface area contributed by atoms with Gasteiger partial charge in [0.2, 0.25) is 0 Å². The molecule has 0 aliphatic heterocycles. The summed E-state index contributed by atoms with van der Waals surface area (Å²) < 4.78 is 5.63. The molecule has 0 aliphatic carbocycles. The summed E-state index contributed by atoms with van der Waals surface area (Å²) in [5.41, 5.74) is 1.50. The highest BCUT2D eigenvalue weighted by atomic mass is 16.5. The number of hydrogen-bond acceptors (Lipinski definition) is 3. The summed E-state index contributed by atoms with van der Waals surface area (Å²) in [7, 11) is 0. The van der Waals surface area contributed by atoms with Crippen LogP contribution in [-0.4, -0.2) is 18.4 Å². The molecule has 0 bridgehead atoms. The van der Waals surface area contributed by atoms with Crippen LogP contribution in [0.4, 0.5) is 5.69 Å². The second kappa shape index (κ2) is 10.2. The number of rotatable bonds is 8. The van der Waals surface area contributed by atoms with E-state index in [2.05, 4.69) is 17.6 Å². The summed E-state index contributed by atoms with van der Waals surface area (Å²) in [5.74, 6) is -0.605. The summed E-state index contributed by atoms with van der Waals surface area (Å²) in [6.45, 7) is 4.67. The van der Waals surface area contributed by atoms with Crippen molar-refractivity contribution in [3.05, 3.63) is 60.2 Å². The molecule has 2 N–H and O–H groups in total. The van der Waals surface area contributed by atoms with Crippen LogP contribution in [0.25, 0.3) is 0 Å². The molecule has 0 heterocycles. The van der Waals surface area contributed by atoms with Gasteiger partial charge in [-0.2, -0.15) is 0 Å². The van der Waals surface area contributed by atoms with Gasteiger partial charge in [-0.25, -0.2) is 0 Å². The van der Waals surface area contributed by atoms with Crippen molar-refractivity contribution in [2.45, 2.75) is 39.2 Å². The molecular formula is C21H26N2O3. The lowest BCUT2D eigenvalue weighted by Gasteiger charge is -2.14. The molecule has 5 nitrogen and oxygen atoms in total. The maximum atomic E-state index is 12.1. The van der Waals surface area contributed by atoms with E-state index in [0.29, 0.717) is 12.3 Å². The molecule has 2 aromatic carbocycles. The third-order valence-corrected chi connectivity index (χ3v) is 3.98. The standard InChI is InChI=1S/C21H26N2O3/c1-3-4-8-15-26-19-13-11-18(12-14-19)23-21(25)20(24)22-16(2)17-9-6-5-7-10-17/h5-7,9-14,16H,3-4,8,15H2,1-2H3,(H,22,24)(H,23,25). The molecule has 5 heteroatoms. The number of amides is 2. The second-order valence-electron chi connectivity index (χ2n) is 6.14. The number of unbranched alkanes of at least 4 members (excludes halogenated alkanes) is 2. The molecule has 0 fully saturated rings. The Morgan fingerprint density at radius 2 is 1.65 bits per heavy atom. The zero-order chi connectivity index (χ0) is 18.8. The van der Waals surface area contributed by atoms with E-state index >= 15 is 0 Å². The van der Waals surface area contributed by atoms with Gasteiger partial charge in [-0.15, -0.1) is 0 Å². The number of anilines is 1. The molecule has 2 amide bonds. The second-order valence-corrected chi connectivity index (χ2v) is 6.14. The molecule has 0 aliphatic rings. The van der Waals surface area contributed by atoms with Gasteiger partial charge in [0.1, 0.15) is 5.75 Å². The Bertz CT molecular complexity index is 699. The van der Waals surface area contributed by atoms with Crippen LogP contribution in [0.1, 0.15) is 44.7 Å². The molecule has 0 radical (unpaired) electrons. The Labute approximate surface area is 154 Å². The first-order valence-corrected chi connectivity index (χ1v) is 8.99. The number of carbonyl (C=O) groups is 2. The minimum absolute atomic E-state index is 0.242. The number of benzene rings is 2. The van der Waals surface area contributed by atoms with Crippen LogP contribution in [0.15, 0.2) is 54.6 Å². The third kappa shape index (κ3) is 6.24. The van der Waals surface area contributed by atoms with Gasteiger partial charge >= 0.3 is 11.8 Å². The van der Waals surface area contributed by atoms with Gasteiger partial charge in [-0.05, 0) is 43.2 Å². The zero-order valence-corrected chi connectivity index (χ0v) is 15.3. The van der Waals surface area contributed by atoms with Gasteiger partial charge in [0.15, 0.2) is 0 Å². The molecule has 2 rings (SSSR count). The molecule has 0 saturated heterocycles. The molecule has 1 atom stereocenters. The molecule has 2 aromatic rings. The van der Waals surface area contributed by atoms with Crippen molar-refractivity contribution >= 4 is 17.5 Å². The molecule has 0 saturated carbocycles. The predicted octanol–water partition coefficient (Wildman–Crippen LogP) is 4.07. The number of hydrogen-bond donors (Lipinski definition) is 2. The van der Waals surface area contributed by atoms with Crippen molar-refractivity contribution in [2.75, 3.05) is 11.9 Å². The van der Waals surface area contributed by atoms with Crippen LogP contribution in [0.3, 0.4) is 0 Å². The van der Waals surface area contributed by atoms with E-state index in [1.54, 1.807) is 24.3 Å². The summed E-state index contributed by atoms with van der Waals surface area (Å²) in [4.78, 5) is 24.1. The summed E-state index contributed by atoms with van der Waals surface area (Å²) >= 11 is 0. The smallest absolute Gasteiger partial charge is 0.313 e. The van der Waals surface area contributed by atoms with Crippen LogP contribution < -0.4 is 15.4 Å². The van der Waals surface area contributed by atoms with Crippen LogP contribution >= 0.6 is 0 Å². The fourth-order valence-corrected chi connectivity index (χ4v) is 2.45. The maximum absolute atomic E-state index is 12.1. The van der Waals surface area contributed by atoms with Crippen LogP contribution in [0.2, 0.25) is 0 Å². The highest BCUT2D eigenvalue weighted by molar-refractivity contribution is 6.39. The average Bonchev–Trinajstić information content (AvgIpc) is 2.67. The quantitative estimate of drug-likeness (QED) is 0.555. The SMILES string of the molecule is CCCCCOc1ccc(NC(=O)C(=O)NC(C)c2ccccc2)cc1. The number of nitrogens with one attached hydrogen (secondary N) is 2. The zero-order valence-electron chi connectivity index (χ0n) is 15.3. The lowest BCUT2D eigenvalue weighted by Crippen LogP contribution is -2.36. The molecule has 1 unspecified atom stereocenters. The Morgan fingerprint density at radius 3 is 2.31 bits per heavy atom. The fourth-order valence-electron chi connectivity index (χ4n) is 2.45. The number of ether oxygens (including phenoxy) is 1. The molecule has 0 aromatic heterocycles. The van der Waals surface area contributed by atoms with Crippen molar-refractivity contribution in [1.29, 1.82) is 0 Å². The van der Waals surface area contributed by atoms with E-state index in [1.165, 1.54) is 0 Å². The van der Waals surface area contributed by atoms with Gasteiger partial charge < -0.3 is 15.4 Å². The van der Waals surface area contributed by atoms with Crippen molar-refractivity contribution in [3.8, 4) is 5.75 Å². The first kappa shape index (κ1) is 19.5. The number of carbonyl (C=O) groups excluding carboxylic acids is 2. The van der Waals surface area contributed by atoms with Crippen molar-refractivity contribution in [1.82, 2.24) is 5.32 Å². The van der Waals surface area contributed by atoms with Crippen LogP contribution in [-0.2, 0) is 9.59 Å². The van der Waals surface area contributed by atoms with E-state index in [-0.39, 0.29) is 6.04 Å². The molecular weight excluding hydrogens is 328 g/mol. The minimum atomic E-state index is -0.690. The lowest BCUT2D eigenvalue weighted by atomic mass is 10.1. The summed E-state index contributed by atoms with van der Waals surface area (Å²) in [6.07, 6.45) is 3.32. The van der Waals surface area contributed by atoms with Crippen molar-refractivity contribution in [3.63, 3.8) is 0 Å². The highest BCUT2D eigenvalue weighted by Gasteiger charge is 2.17. The molecule has 138 valence electrons. The Balaban J connectivity index is 1.82. The first-order valence-electron chi connectivity index (χ1n) is 8.99. The molecule has 26 heavy (non-hydrogen) atoms. The van der Waals surface area contributed by atoms with E-state index in [9.17, 15) is 9.59 Å². The third-order valence-electron chi connectivity index (χ3n) is 3.98. The Kier molecular flexibility index (Phi) is 7.68. The minimum Gasteiger partial charge on any atom is -0.494 e. The van der Waals surface area contributed by atoms with Crippen LogP contribution in [0.5, 0.6) is 5.75 Å². The highest BCUT2D eigenvalue weighted by Crippen LogP contribution is 2.16. The van der Waals surface area contributed by atoms with E-state index in [0.717, 1.165) is 30.6 Å². The predicted molar refractivity (Wildman–Crippen MR) is 103 cm³/mol. The summed E-state index contributed by atoms with van der Waals surface area (Å²) in [5, 5.41) is 5.29. The first-order chi connectivity index (χ1) is 12.6.